The van der Waals surface area contributed by atoms with Crippen LogP contribution in [0, 0.1) is 0 Å². The fraction of sp³-hybridized carbons (Fsp3) is 0.500. The van der Waals surface area contributed by atoms with Gasteiger partial charge in [0.05, 0.1) is 35.6 Å². The first-order chi connectivity index (χ1) is 10.3. The Morgan fingerprint density at radius 3 is 3.14 bits per heavy atom. The van der Waals surface area contributed by atoms with E-state index in [2.05, 4.69) is 42.2 Å². The van der Waals surface area contributed by atoms with Crippen LogP contribution in [0.5, 0.6) is 0 Å². The maximum atomic E-state index is 5.50. The molecule has 2 aromatic heterocycles. The molecule has 4 rings (SSSR count). The number of hydrogen-bond donors (Lipinski definition) is 0. The molecule has 7 heteroatoms. The first kappa shape index (κ1) is 13.2. The van der Waals surface area contributed by atoms with Crippen LogP contribution in [0.2, 0.25) is 0 Å². The van der Waals surface area contributed by atoms with E-state index in [9.17, 15) is 0 Å². The zero-order valence-electron chi connectivity index (χ0n) is 11.6. The molecule has 0 saturated carbocycles. The molecule has 0 spiro atoms. The van der Waals surface area contributed by atoms with E-state index in [1.165, 1.54) is 5.56 Å². The van der Waals surface area contributed by atoms with Gasteiger partial charge < -0.3 is 9.64 Å². The number of aromatic nitrogens is 4. The molecule has 2 aromatic rings. The SMILES string of the molecule is Brc1cnn(C2CCN(c3cc4c(nn3)CCOC4)C2)c1. The van der Waals surface area contributed by atoms with Crippen molar-refractivity contribution >= 4 is 21.7 Å². The predicted octanol–water partition coefficient (Wildman–Crippen LogP) is 1.96. The van der Waals surface area contributed by atoms with Crippen molar-refractivity contribution < 1.29 is 4.74 Å². The van der Waals surface area contributed by atoms with E-state index < -0.39 is 0 Å². The molecule has 0 bridgehead atoms. The summed E-state index contributed by atoms with van der Waals surface area (Å²) in [5, 5.41) is 13.1. The Hall–Kier alpha value is -1.47. The van der Waals surface area contributed by atoms with Gasteiger partial charge in [0.2, 0.25) is 0 Å². The Morgan fingerprint density at radius 1 is 1.33 bits per heavy atom. The molecule has 0 radical (unpaired) electrons. The van der Waals surface area contributed by atoms with Gasteiger partial charge in [0.25, 0.3) is 0 Å². The third kappa shape index (κ3) is 2.55. The first-order valence-electron chi connectivity index (χ1n) is 7.17. The number of rotatable bonds is 2. The van der Waals surface area contributed by atoms with E-state index in [4.69, 9.17) is 4.74 Å². The molecule has 1 unspecified atom stereocenters. The second kappa shape index (κ2) is 5.38. The van der Waals surface area contributed by atoms with Gasteiger partial charge in [0.15, 0.2) is 5.82 Å². The van der Waals surface area contributed by atoms with Crippen molar-refractivity contribution in [3.63, 3.8) is 0 Å². The van der Waals surface area contributed by atoms with E-state index in [1.807, 2.05) is 17.1 Å². The summed E-state index contributed by atoms with van der Waals surface area (Å²) in [6.45, 7) is 3.31. The van der Waals surface area contributed by atoms with Gasteiger partial charge in [-0.1, -0.05) is 0 Å². The Balaban J connectivity index is 1.52. The number of halogens is 1. The van der Waals surface area contributed by atoms with Crippen molar-refractivity contribution in [1.29, 1.82) is 0 Å². The van der Waals surface area contributed by atoms with Crippen molar-refractivity contribution in [1.82, 2.24) is 20.0 Å². The standard InChI is InChI=1S/C14H16BrN5O/c15-11-6-16-20(7-11)12-1-3-19(8-12)14-5-10-9-21-4-2-13(10)17-18-14/h5-7,12H,1-4,8-9H2. The molecule has 2 aliphatic heterocycles. The summed E-state index contributed by atoms with van der Waals surface area (Å²) in [6, 6.07) is 2.52. The normalized spacial score (nSPS) is 21.6. The average Bonchev–Trinajstić information content (AvgIpc) is 3.15. The van der Waals surface area contributed by atoms with Crippen molar-refractivity contribution in [3.8, 4) is 0 Å². The van der Waals surface area contributed by atoms with Gasteiger partial charge in [-0.2, -0.15) is 10.2 Å². The van der Waals surface area contributed by atoms with E-state index in [0.29, 0.717) is 12.6 Å². The highest BCUT2D eigenvalue weighted by Crippen LogP contribution is 2.27. The molecular weight excluding hydrogens is 334 g/mol. The summed E-state index contributed by atoms with van der Waals surface area (Å²) in [5.74, 6) is 0.952. The van der Waals surface area contributed by atoms with Crippen molar-refractivity contribution in [2.45, 2.75) is 25.5 Å². The minimum absolute atomic E-state index is 0.394. The van der Waals surface area contributed by atoms with Gasteiger partial charge in [-0.25, -0.2) is 0 Å². The molecule has 1 atom stereocenters. The molecule has 0 aliphatic carbocycles. The third-order valence-corrected chi connectivity index (χ3v) is 4.53. The summed E-state index contributed by atoms with van der Waals surface area (Å²) in [7, 11) is 0. The summed E-state index contributed by atoms with van der Waals surface area (Å²) in [5.41, 5.74) is 2.26. The fourth-order valence-corrected chi connectivity index (χ4v) is 3.27. The molecule has 1 fully saturated rings. The molecule has 110 valence electrons. The second-order valence-corrected chi connectivity index (χ2v) is 6.42. The number of hydrogen-bond acceptors (Lipinski definition) is 5. The van der Waals surface area contributed by atoms with Crippen LogP contribution in [0.15, 0.2) is 22.9 Å². The summed E-state index contributed by atoms with van der Waals surface area (Å²) < 4.78 is 8.55. The number of anilines is 1. The molecule has 2 aliphatic rings. The van der Waals surface area contributed by atoms with Gasteiger partial charge in [0.1, 0.15) is 0 Å². The predicted molar refractivity (Wildman–Crippen MR) is 81.2 cm³/mol. The van der Waals surface area contributed by atoms with Crippen LogP contribution in [0.1, 0.15) is 23.7 Å². The Labute approximate surface area is 131 Å². The van der Waals surface area contributed by atoms with Gasteiger partial charge in [-0.05, 0) is 28.4 Å². The number of ether oxygens (including phenoxy) is 1. The van der Waals surface area contributed by atoms with Gasteiger partial charge in [0, 0.05) is 31.3 Å². The maximum Gasteiger partial charge on any atom is 0.151 e. The largest absolute Gasteiger partial charge is 0.376 e. The van der Waals surface area contributed by atoms with Gasteiger partial charge in [-0.15, -0.1) is 5.10 Å². The van der Waals surface area contributed by atoms with Crippen molar-refractivity contribution in [3.05, 3.63) is 34.2 Å². The second-order valence-electron chi connectivity index (χ2n) is 5.50. The molecule has 1 saturated heterocycles. The van der Waals surface area contributed by atoms with Gasteiger partial charge >= 0.3 is 0 Å². The Morgan fingerprint density at radius 2 is 2.29 bits per heavy atom. The average molecular weight is 350 g/mol. The summed E-state index contributed by atoms with van der Waals surface area (Å²) >= 11 is 3.45. The number of fused-ring (bicyclic) bond motifs is 1. The number of nitrogens with zero attached hydrogens (tertiary/aromatic N) is 5. The van der Waals surface area contributed by atoms with Crippen LogP contribution in [0.3, 0.4) is 0 Å². The topological polar surface area (TPSA) is 56.1 Å². The molecule has 0 aromatic carbocycles. The summed E-state index contributed by atoms with van der Waals surface area (Å²) in [6.07, 6.45) is 5.80. The molecular formula is C14H16BrN5O. The summed E-state index contributed by atoms with van der Waals surface area (Å²) in [4.78, 5) is 2.28. The molecule has 6 nitrogen and oxygen atoms in total. The minimum atomic E-state index is 0.394. The maximum absolute atomic E-state index is 5.50. The van der Waals surface area contributed by atoms with E-state index in [-0.39, 0.29) is 0 Å². The zero-order valence-corrected chi connectivity index (χ0v) is 13.2. The molecule has 4 heterocycles. The van der Waals surface area contributed by atoms with Crippen LogP contribution >= 0.6 is 15.9 Å². The zero-order chi connectivity index (χ0) is 14.2. The smallest absolute Gasteiger partial charge is 0.151 e. The third-order valence-electron chi connectivity index (χ3n) is 4.12. The monoisotopic (exact) mass is 349 g/mol. The van der Waals surface area contributed by atoms with Crippen molar-refractivity contribution in [2.75, 3.05) is 24.6 Å². The van der Waals surface area contributed by atoms with E-state index in [1.54, 1.807) is 0 Å². The highest BCUT2D eigenvalue weighted by Gasteiger charge is 2.26. The van der Waals surface area contributed by atoms with Crippen LogP contribution in [-0.4, -0.2) is 39.7 Å². The minimum Gasteiger partial charge on any atom is -0.376 e. The molecule has 0 amide bonds. The van der Waals surface area contributed by atoms with Crippen LogP contribution in [0.25, 0.3) is 0 Å². The highest BCUT2D eigenvalue weighted by atomic mass is 79.9. The Bertz CT molecular complexity index is 659. The van der Waals surface area contributed by atoms with E-state index >= 15 is 0 Å². The van der Waals surface area contributed by atoms with Crippen molar-refractivity contribution in [2.24, 2.45) is 0 Å². The van der Waals surface area contributed by atoms with Crippen LogP contribution < -0.4 is 4.90 Å². The lowest BCUT2D eigenvalue weighted by Gasteiger charge is -2.20. The lowest BCUT2D eigenvalue weighted by atomic mass is 10.1. The highest BCUT2D eigenvalue weighted by molar-refractivity contribution is 9.10. The first-order valence-corrected chi connectivity index (χ1v) is 7.97. The van der Waals surface area contributed by atoms with Crippen LogP contribution in [0.4, 0.5) is 5.82 Å². The van der Waals surface area contributed by atoms with E-state index in [0.717, 1.165) is 48.5 Å². The quantitative estimate of drug-likeness (QED) is 0.829. The lowest BCUT2D eigenvalue weighted by molar-refractivity contribution is 0.109. The van der Waals surface area contributed by atoms with Gasteiger partial charge in [-0.3, -0.25) is 4.68 Å². The Kier molecular flexibility index (Phi) is 3.39. The lowest BCUT2D eigenvalue weighted by Crippen LogP contribution is -2.24. The molecule has 21 heavy (non-hydrogen) atoms. The fourth-order valence-electron chi connectivity index (χ4n) is 2.97. The molecule has 0 N–H and O–H groups in total. The van der Waals surface area contributed by atoms with Crippen LogP contribution in [-0.2, 0) is 17.8 Å².